The minimum absolute atomic E-state index is 0.0715. The van der Waals surface area contributed by atoms with E-state index in [1.165, 1.54) is 11.3 Å². The van der Waals surface area contributed by atoms with Gasteiger partial charge in [-0.15, -0.1) is 11.3 Å². The quantitative estimate of drug-likeness (QED) is 0.904. The van der Waals surface area contributed by atoms with Gasteiger partial charge in [0.2, 0.25) is 5.91 Å². The molecule has 2 rings (SSSR count). The zero-order valence-electron chi connectivity index (χ0n) is 12.2. The van der Waals surface area contributed by atoms with E-state index in [1.54, 1.807) is 0 Å². The van der Waals surface area contributed by atoms with E-state index in [0.29, 0.717) is 5.92 Å². The SMILES string of the molecule is CCNCC1CCN(C(=O)C(C)c2ccc(Cl)s2)CC1. The number of rotatable bonds is 5. The summed E-state index contributed by atoms with van der Waals surface area (Å²) in [4.78, 5) is 15.6. The fourth-order valence-electron chi connectivity index (χ4n) is 2.66. The third-order valence-electron chi connectivity index (χ3n) is 4.00. The second-order valence-corrected chi connectivity index (χ2v) is 7.19. The molecule has 20 heavy (non-hydrogen) atoms. The van der Waals surface area contributed by atoms with Crippen LogP contribution in [0.25, 0.3) is 0 Å². The number of amides is 1. The number of likely N-dealkylation sites (tertiary alicyclic amines) is 1. The Balaban J connectivity index is 1.85. The van der Waals surface area contributed by atoms with Crippen molar-refractivity contribution >= 4 is 28.8 Å². The predicted molar refractivity (Wildman–Crippen MR) is 85.6 cm³/mol. The molecule has 1 aliphatic heterocycles. The van der Waals surface area contributed by atoms with Gasteiger partial charge in [-0.3, -0.25) is 4.79 Å². The van der Waals surface area contributed by atoms with Gasteiger partial charge in [-0.25, -0.2) is 0 Å². The van der Waals surface area contributed by atoms with E-state index in [1.807, 2.05) is 24.0 Å². The summed E-state index contributed by atoms with van der Waals surface area (Å²) in [5.74, 6) is 0.883. The molecule has 2 heterocycles. The lowest BCUT2D eigenvalue weighted by Gasteiger charge is -2.33. The summed E-state index contributed by atoms with van der Waals surface area (Å²) < 4.78 is 0.754. The van der Waals surface area contributed by atoms with Crippen LogP contribution in [0.5, 0.6) is 0 Å². The molecule has 3 nitrogen and oxygen atoms in total. The van der Waals surface area contributed by atoms with Gasteiger partial charge in [-0.1, -0.05) is 18.5 Å². The van der Waals surface area contributed by atoms with Crippen LogP contribution < -0.4 is 5.32 Å². The standard InChI is InChI=1S/C15H23ClN2OS/c1-3-17-10-12-6-8-18(9-7-12)15(19)11(2)13-4-5-14(16)20-13/h4-5,11-12,17H,3,6-10H2,1-2H3. The highest BCUT2D eigenvalue weighted by Gasteiger charge is 2.27. The molecule has 0 saturated carbocycles. The van der Waals surface area contributed by atoms with Crippen molar-refractivity contribution in [2.24, 2.45) is 5.92 Å². The van der Waals surface area contributed by atoms with Gasteiger partial charge >= 0.3 is 0 Å². The van der Waals surface area contributed by atoms with E-state index >= 15 is 0 Å². The van der Waals surface area contributed by atoms with Crippen molar-refractivity contribution < 1.29 is 4.79 Å². The molecular weight excluding hydrogens is 292 g/mol. The molecule has 0 radical (unpaired) electrons. The van der Waals surface area contributed by atoms with Crippen LogP contribution in [0.1, 0.15) is 37.5 Å². The highest BCUT2D eigenvalue weighted by molar-refractivity contribution is 7.16. The second-order valence-electron chi connectivity index (χ2n) is 5.44. The molecule has 112 valence electrons. The maximum absolute atomic E-state index is 12.5. The van der Waals surface area contributed by atoms with Crippen LogP contribution in [-0.2, 0) is 4.79 Å². The first-order chi connectivity index (χ1) is 9.61. The first kappa shape index (κ1) is 15.8. The maximum atomic E-state index is 12.5. The first-order valence-electron chi connectivity index (χ1n) is 7.36. The lowest BCUT2D eigenvalue weighted by Crippen LogP contribution is -2.42. The molecule has 1 saturated heterocycles. The number of nitrogens with zero attached hydrogens (tertiary/aromatic N) is 1. The number of hydrogen-bond donors (Lipinski definition) is 1. The van der Waals surface area contributed by atoms with Gasteiger partial charge in [0, 0.05) is 18.0 Å². The summed E-state index contributed by atoms with van der Waals surface area (Å²) in [6.07, 6.45) is 2.22. The predicted octanol–water partition coefficient (Wildman–Crippen LogP) is 3.35. The second kappa shape index (κ2) is 7.43. The van der Waals surface area contributed by atoms with Crippen LogP contribution in [0.3, 0.4) is 0 Å². The number of carbonyl (C=O) groups is 1. The van der Waals surface area contributed by atoms with Crippen LogP contribution in [0, 0.1) is 5.92 Å². The largest absolute Gasteiger partial charge is 0.342 e. The zero-order valence-corrected chi connectivity index (χ0v) is 13.8. The molecule has 1 amide bonds. The van der Waals surface area contributed by atoms with Gasteiger partial charge in [0.25, 0.3) is 0 Å². The molecule has 1 N–H and O–H groups in total. The average molecular weight is 315 g/mol. The molecule has 0 bridgehead atoms. The van der Waals surface area contributed by atoms with Gasteiger partial charge in [0.1, 0.15) is 0 Å². The lowest BCUT2D eigenvalue weighted by molar-refractivity contribution is -0.133. The Kier molecular flexibility index (Phi) is 5.87. The van der Waals surface area contributed by atoms with Crippen LogP contribution in [0.15, 0.2) is 12.1 Å². The number of nitrogens with one attached hydrogen (secondary N) is 1. The molecule has 1 aliphatic rings. The summed E-state index contributed by atoms with van der Waals surface area (Å²) in [5.41, 5.74) is 0. The van der Waals surface area contributed by atoms with Gasteiger partial charge in [-0.05, 0) is 50.9 Å². The Labute approximate surface area is 130 Å². The maximum Gasteiger partial charge on any atom is 0.230 e. The molecule has 1 fully saturated rings. The molecule has 1 atom stereocenters. The molecule has 1 unspecified atom stereocenters. The van der Waals surface area contributed by atoms with Crippen LogP contribution in [0.4, 0.5) is 0 Å². The number of piperidine rings is 1. The van der Waals surface area contributed by atoms with Crippen molar-refractivity contribution in [2.45, 2.75) is 32.6 Å². The van der Waals surface area contributed by atoms with E-state index in [2.05, 4.69) is 12.2 Å². The third-order valence-corrected chi connectivity index (χ3v) is 5.41. The number of halogens is 1. The van der Waals surface area contributed by atoms with E-state index in [9.17, 15) is 4.79 Å². The Morgan fingerprint density at radius 2 is 2.20 bits per heavy atom. The van der Waals surface area contributed by atoms with Crippen molar-refractivity contribution in [3.8, 4) is 0 Å². The van der Waals surface area contributed by atoms with E-state index in [-0.39, 0.29) is 11.8 Å². The summed E-state index contributed by atoms with van der Waals surface area (Å²) in [6.45, 7) is 7.99. The summed E-state index contributed by atoms with van der Waals surface area (Å²) in [7, 11) is 0. The normalized spacial score (nSPS) is 18.2. The highest BCUT2D eigenvalue weighted by atomic mass is 35.5. The Hall–Kier alpha value is -0.580. The lowest BCUT2D eigenvalue weighted by atomic mass is 9.95. The number of hydrogen-bond acceptors (Lipinski definition) is 3. The molecule has 0 aromatic carbocycles. The highest BCUT2D eigenvalue weighted by Crippen LogP contribution is 2.30. The molecule has 5 heteroatoms. The zero-order chi connectivity index (χ0) is 14.5. The van der Waals surface area contributed by atoms with E-state index in [4.69, 9.17) is 11.6 Å². The number of carbonyl (C=O) groups excluding carboxylic acids is 1. The van der Waals surface area contributed by atoms with Crippen LogP contribution in [-0.4, -0.2) is 37.0 Å². The number of thiophene rings is 1. The fraction of sp³-hybridized carbons (Fsp3) is 0.667. The molecule has 1 aromatic heterocycles. The Morgan fingerprint density at radius 3 is 2.75 bits per heavy atom. The van der Waals surface area contributed by atoms with Crippen LogP contribution >= 0.6 is 22.9 Å². The van der Waals surface area contributed by atoms with Crippen LogP contribution in [0.2, 0.25) is 4.34 Å². The third kappa shape index (κ3) is 3.96. The van der Waals surface area contributed by atoms with Crippen molar-refractivity contribution in [1.29, 1.82) is 0 Å². The van der Waals surface area contributed by atoms with Gasteiger partial charge < -0.3 is 10.2 Å². The van der Waals surface area contributed by atoms with Crippen molar-refractivity contribution in [2.75, 3.05) is 26.2 Å². The molecule has 1 aromatic rings. The average Bonchev–Trinajstić information content (AvgIpc) is 2.90. The van der Waals surface area contributed by atoms with Crippen molar-refractivity contribution in [3.05, 3.63) is 21.3 Å². The van der Waals surface area contributed by atoms with Crippen molar-refractivity contribution in [1.82, 2.24) is 10.2 Å². The topological polar surface area (TPSA) is 32.3 Å². The minimum atomic E-state index is -0.0715. The van der Waals surface area contributed by atoms with Gasteiger partial charge in [0.05, 0.1) is 10.3 Å². The van der Waals surface area contributed by atoms with Gasteiger partial charge in [0.15, 0.2) is 0 Å². The molecular formula is C15H23ClN2OS. The van der Waals surface area contributed by atoms with Crippen molar-refractivity contribution in [3.63, 3.8) is 0 Å². The summed E-state index contributed by atoms with van der Waals surface area (Å²) >= 11 is 7.46. The monoisotopic (exact) mass is 314 g/mol. The first-order valence-corrected chi connectivity index (χ1v) is 8.56. The Bertz CT molecular complexity index is 441. The van der Waals surface area contributed by atoms with E-state index < -0.39 is 0 Å². The fourth-order valence-corrected chi connectivity index (χ4v) is 3.77. The summed E-state index contributed by atoms with van der Waals surface area (Å²) in [6, 6.07) is 3.83. The summed E-state index contributed by atoms with van der Waals surface area (Å²) in [5, 5.41) is 3.40. The minimum Gasteiger partial charge on any atom is -0.342 e. The molecule has 0 aliphatic carbocycles. The Morgan fingerprint density at radius 1 is 1.50 bits per heavy atom. The smallest absolute Gasteiger partial charge is 0.230 e. The van der Waals surface area contributed by atoms with Gasteiger partial charge in [-0.2, -0.15) is 0 Å². The molecule has 0 spiro atoms. The van der Waals surface area contributed by atoms with E-state index in [0.717, 1.165) is 48.2 Å².